The van der Waals surface area contributed by atoms with Crippen LogP contribution in [0.2, 0.25) is 0 Å². The van der Waals surface area contributed by atoms with Crippen molar-refractivity contribution in [2.75, 3.05) is 6.54 Å². The van der Waals surface area contributed by atoms with Crippen LogP contribution in [0, 0.1) is 23.2 Å². The highest BCUT2D eigenvalue weighted by Gasteiger charge is 2.54. The van der Waals surface area contributed by atoms with Crippen molar-refractivity contribution in [2.24, 2.45) is 23.2 Å². The molecule has 2 N–H and O–H groups in total. The summed E-state index contributed by atoms with van der Waals surface area (Å²) in [6, 6.07) is 7.33. The van der Waals surface area contributed by atoms with Gasteiger partial charge < -0.3 is 10.6 Å². The molecule has 1 heterocycles. The van der Waals surface area contributed by atoms with Gasteiger partial charge in [0.05, 0.1) is 0 Å². The van der Waals surface area contributed by atoms with E-state index in [0.717, 1.165) is 28.2 Å². The van der Waals surface area contributed by atoms with Crippen molar-refractivity contribution in [2.45, 2.75) is 83.7 Å². The number of carbonyl (C=O) groups is 3. The van der Waals surface area contributed by atoms with Crippen LogP contribution in [0.15, 0.2) is 24.3 Å². The number of urea groups is 1. The van der Waals surface area contributed by atoms with E-state index in [0.29, 0.717) is 5.92 Å². The Morgan fingerprint density at radius 2 is 1.58 bits per heavy atom. The minimum atomic E-state index is -1.15. The number of hydrogen-bond donors (Lipinski definition) is 2. The third kappa shape index (κ3) is 3.75. The van der Waals surface area contributed by atoms with E-state index in [2.05, 4.69) is 31.4 Å². The zero-order chi connectivity index (χ0) is 23.5. The Balaban J connectivity index is 1.25. The molecule has 6 nitrogen and oxygen atoms in total. The van der Waals surface area contributed by atoms with Crippen molar-refractivity contribution < 1.29 is 14.4 Å². The van der Waals surface area contributed by atoms with Crippen LogP contribution in [0.4, 0.5) is 4.79 Å². The largest absolute Gasteiger partial charge is 0.352 e. The first-order valence-corrected chi connectivity index (χ1v) is 12.6. The molecule has 2 atom stereocenters. The van der Waals surface area contributed by atoms with Crippen molar-refractivity contribution >= 4 is 17.8 Å². The van der Waals surface area contributed by atoms with Crippen LogP contribution in [0.3, 0.4) is 0 Å². The number of imide groups is 1. The monoisotopic (exact) mass is 451 g/mol. The minimum absolute atomic E-state index is 0.0640. The van der Waals surface area contributed by atoms with E-state index >= 15 is 0 Å². The molecule has 0 spiro atoms. The van der Waals surface area contributed by atoms with E-state index in [1.807, 2.05) is 24.3 Å². The fourth-order valence-electron chi connectivity index (χ4n) is 7.53. The van der Waals surface area contributed by atoms with Crippen molar-refractivity contribution in [3.8, 4) is 0 Å². The van der Waals surface area contributed by atoms with Crippen LogP contribution in [0.5, 0.6) is 0 Å². The SMILES string of the molecule is CC(C)c1ccc([C@@]2(C)NC(=O)N(CC(=O)N[C@@H](C)C34CC5CC(CC(C5)C3)C4)C2=O)cc1. The smallest absolute Gasteiger partial charge is 0.325 e. The Morgan fingerprint density at radius 3 is 2.09 bits per heavy atom. The maximum Gasteiger partial charge on any atom is 0.325 e. The fourth-order valence-corrected chi connectivity index (χ4v) is 7.53. The van der Waals surface area contributed by atoms with Gasteiger partial charge in [0.2, 0.25) is 5.91 Å². The molecule has 6 heteroatoms. The van der Waals surface area contributed by atoms with Crippen molar-refractivity contribution in [3.63, 3.8) is 0 Å². The summed E-state index contributed by atoms with van der Waals surface area (Å²) in [5.41, 5.74) is 0.941. The Labute approximate surface area is 196 Å². The lowest BCUT2D eigenvalue weighted by molar-refractivity contribution is -0.136. The third-order valence-corrected chi connectivity index (χ3v) is 9.11. The summed E-state index contributed by atoms with van der Waals surface area (Å²) in [4.78, 5) is 40.0. The van der Waals surface area contributed by atoms with E-state index in [9.17, 15) is 14.4 Å². The summed E-state index contributed by atoms with van der Waals surface area (Å²) in [5, 5.41) is 6.00. The molecule has 0 aromatic heterocycles. The maximum absolute atomic E-state index is 13.3. The number of nitrogens with zero attached hydrogens (tertiary/aromatic N) is 1. The van der Waals surface area contributed by atoms with E-state index in [1.54, 1.807) is 6.92 Å². The zero-order valence-corrected chi connectivity index (χ0v) is 20.3. The lowest BCUT2D eigenvalue weighted by Gasteiger charge is -2.59. The van der Waals surface area contributed by atoms with Crippen LogP contribution < -0.4 is 10.6 Å². The van der Waals surface area contributed by atoms with Gasteiger partial charge in [-0.2, -0.15) is 0 Å². The minimum Gasteiger partial charge on any atom is -0.352 e. The molecular weight excluding hydrogens is 414 g/mol. The predicted octanol–water partition coefficient (Wildman–Crippen LogP) is 4.30. The van der Waals surface area contributed by atoms with Crippen LogP contribution in [-0.4, -0.2) is 35.3 Å². The summed E-state index contributed by atoms with van der Waals surface area (Å²) >= 11 is 0. The topological polar surface area (TPSA) is 78.5 Å². The lowest BCUT2D eigenvalue weighted by Crippen LogP contribution is -2.57. The Morgan fingerprint density at radius 1 is 1.03 bits per heavy atom. The summed E-state index contributed by atoms with van der Waals surface area (Å²) in [6.07, 6.45) is 7.69. The molecule has 4 amide bonds. The highest BCUT2D eigenvalue weighted by atomic mass is 16.2. The molecule has 33 heavy (non-hydrogen) atoms. The van der Waals surface area contributed by atoms with E-state index in [-0.39, 0.29) is 29.8 Å². The standard InChI is InChI=1S/C27H37N3O3/c1-16(2)21-5-7-22(8-6-21)26(4)24(32)30(25(33)29-26)15-23(31)28-17(3)27-12-18-9-19(13-27)11-20(10-18)14-27/h5-8,16-20H,9-15H2,1-4H3,(H,28,31)(H,29,33)/t17-,18?,19?,20?,26+,27?/m0/s1. The molecule has 6 rings (SSSR count). The molecule has 0 radical (unpaired) electrons. The molecule has 5 aliphatic rings. The highest BCUT2D eigenvalue weighted by Crippen LogP contribution is 2.61. The quantitative estimate of drug-likeness (QED) is 0.633. The molecular formula is C27H37N3O3. The van der Waals surface area contributed by atoms with Gasteiger partial charge >= 0.3 is 6.03 Å². The molecule has 0 unspecified atom stereocenters. The fraction of sp³-hybridized carbons (Fsp3) is 0.667. The third-order valence-electron chi connectivity index (χ3n) is 9.11. The average Bonchev–Trinajstić information content (AvgIpc) is 2.96. The number of hydrogen-bond acceptors (Lipinski definition) is 3. The molecule has 4 aliphatic carbocycles. The number of amides is 4. The first kappa shape index (κ1) is 22.4. The summed E-state index contributed by atoms with van der Waals surface area (Å²) in [7, 11) is 0. The first-order chi connectivity index (χ1) is 15.6. The van der Waals surface area contributed by atoms with Gasteiger partial charge in [0.15, 0.2) is 0 Å². The van der Waals surface area contributed by atoms with Gasteiger partial charge in [-0.15, -0.1) is 0 Å². The number of rotatable bonds is 6. The molecule has 4 bridgehead atoms. The van der Waals surface area contributed by atoms with E-state index in [1.165, 1.54) is 44.1 Å². The molecule has 1 aliphatic heterocycles. The van der Waals surface area contributed by atoms with Crippen molar-refractivity contribution in [3.05, 3.63) is 35.4 Å². The van der Waals surface area contributed by atoms with Gasteiger partial charge in [0.25, 0.3) is 5.91 Å². The number of benzene rings is 1. The van der Waals surface area contributed by atoms with Crippen LogP contribution in [0.1, 0.15) is 83.3 Å². The molecule has 1 saturated heterocycles. The Bertz CT molecular complexity index is 934. The van der Waals surface area contributed by atoms with Gasteiger partial charge in [0, 0.05) is 6.04 Å². The summed E-state index contributed by atoms with van der Waals surface area (Å²) < 4.78 is 0. The molecule has 5 fully saturated rings. The predicted molar refractivity (Wildman–Crippen MR) is 126 cm³/mol. The van der Waals surface area contributed by atoms with E-state index < -0.39 is 11.6 Å². The van der Waals surface area contributed by atoms with Crippen molar-refractivity contribution in [1.29, 1.82) is 0 Å². The second kappa shape index (κ2) is 7.85. The van der Waals surface area contributed by atoms with Gasteiger partial charge in [-0.05, 0) is 92.6 Å². The summed E-state index contributed by atoms with van der Waals surface area (Å²) in [6.45, 7) is 7.83. The Kier molecular flexibility index (Phi) is 5.33. The van der Waals surface area contributed by atoms with Gasteiger partial charge in [-0.25, -0.2) is 4.79 Å². The van der Waals surface area contributed by atoms with Crippen LogP contribution in [-0.2, 0) is 15.1 Å². The Hall–Kier alpha value is -2.37. The molecule has 178 valence electrons. The number of nitrogens with one attached hydrogen (secondary N) is 2. The van der Waals surface area contributed by atoms with Gasteiger partial charge in [-0.1, -0.05) is 38.1 Å². The second-order valence-corrected chi connectivity index (χ2v) is 11.8. The van der Waals surface area contributed by atoms with Crippen LogP contribution >= 0.6 is 0 Å². The highest BCUT2D eigenvalue weighted by molar-refractivity contribution is 6.09. The lowest BCUT2D eigenvalue weighted by atomic mass is 9.48. The van der Waals surface area contributed by atoms with Crippen LogP contribution in [0.25, 0.3) is 0 Å². The van der Waals surface area contributed by atoms with Gasteiger partial charge in [0.1, 0.15) is 12.1 Å². The number of carbonyl (C=O) groups excluding carboxylic acids is 3. The zero-order valence-electron chi connectivity index (χ0n) is 20.3. The van der Waals surface area contributed by atoms with E-state index in [4.69, 9.17) is 0 Å². The normalized spacial score (nSPS) is 35.8. The molecule has 4 saturated carbocycles. The summed E-state index contributed by atoms with van der Waals surface area (Å²) in [5.74, 6) is 2.19. The molecule has 1 aromatic rings. The van der Waals surface area contributed by atoms with Crippen molar-refractivity contribution in [1.82, 2.24) is 15.5 Å². The van der Waals surface area contributed by atoms with Gasteiger partial charge in [-0.3, -0.25) is 14.5 Å². The first-order valence-electron chi connectivity index (χ1n) is 12.6. The average molecular weight is 452 g/mol. The second-order valence-electron chi connectivity index (χ2n) is 11.8. The molecule has 1 aromatic carbocycles. The maximum atomic E-state index is 13.3.